The lowest BCUT2D eigenvalue weighted by atomic mass is 9.63. The van der Waals surface area contributed by atoms with Crippen LogP contribution in [0.4, 0.5) is 0 Å². The van der Waals surface area contributed by atoms with E-state index >= 15 is 0 Å². The zero-order valence-electron chi connectivity index (χ0n) is 22.7. The van der Waals surface area contributed by atoms with Crippen LogP contribution in [0.25, 0.3) is 0 Å². The molecule has 2 atom stereocenters. The van der Waals surface area contributed by atoms with Crippen LogP contribution in [0, 0.1) is 11.3 Å². The van der Waals surface area contributed by atoms with Gasteiger partial charge in [0.25, 0.3) is 11.8 Å². The zero-order chi connectivity index (χ0) is 28.6. The Balaban J connectivity index is 1.45. The summed E-state index contributed by atoms with van der Waals surface area (Å²) in [7, 11) is 0. The van der Waals surface area contributed by atoms with Gasteiger partial charge in [0.2, 0.25) is 0 Å². The number of rotatable bonds is 8. The molecule has 0 radical (unpaired) electrons. The van der Waals surface area contributed by atoms with Crippen LogP contribution in [0.2, 0.25) is 5.02 Å². The van der Waals surface area contributed by atoms with E-state index in [1.54, 1.807) is 43.3 Å². The van der Waals surface area contributed by atoms with Crippen molar-refractivity contribution in [2.75, 3.05) is 26.4 Å². The minimum Gasteiger partial charge on any atom is -0.463 e. The Morgan fingerprint density at radius 1 is 1.00 bits per heavy atom. The minimum absolute atomic E-state index is 0.00677. The number of ketones is 1. The van der Waals surface area contributed by atoms with E-state index in [9.17, 15) is 19.2 Å². The number of halogens is 1. The van der Waals surface area contributed by atoms with Crippen molar-refractivity contribution < 1.29 is 28.7 Å². The molecule has 40 heavy (non-hydrogen) atoms. The maximum Gasteiger partial charge on any atom is 0.336 e. The summed E-state index contributed by atoms with van der Waals surface area (Å²) in [4.78, 5) is 58.4. The first kappa shape index (κ1) is 27.9. The average Bonchev–Trinajstić information content (AvgIpc) is 3.15. The number of amides is 2. The number of benzene rings is 2. The van der Waals surface area contributed by atoms with Gasteiger partial charge in [-0.25, -0.2) is 4.79 Å². The zero-order valence-corrected chi connectivity index (χ0v) is 23.5. The van der Waals surface area contributed by atoms with Gasteiger partial charge in [-0.1, -0.05) is 55.8 Å². The molecule has 1 saturated carbocycles. The third kappa shape index (κ3) is 5.13. The Morgan fingerprint density at radius 2 is 1.65 bits per heavy atom. The van der Waals surface area contributed by atoms with Crippen molar-refractivity contribution in [3.63, 3.8) is 0 Å². The summed E-state index contributed by atoms with van der Waals surface area (Å²) < 4.78 is 11.4. The number of fused-ring (bicyclic) bond motifs is 2. The fourth-order valence-corrected chi connectivity index (χ4v) is 6.14. The number of hydrogen-bond donors (Lipinski definition) is 0. The fourth-order valence-electron chi connectivity index (χ4n) is 5.89. The Labute approximate surface area is 238 Å². The van der Waals surface area contributed by atoms with Gasteiger partial charge in [-0.2, -0.15) is 0 Å². The third-order valence-electron chi connectivity index (χ3n) is 7.56. The predicted octanol–water partition coefficient (Wildman–Crippen LogP) is 5.01. The molecular weight excluding hydrogens is 532 g/mol. The summed E-state index contributed by atoms with van der Waals surface area (Å²) in [6, 6.07) is 13.9. The number of carbonyl (C=O) groups is 4. The fraction of sp³-hybridized carbons (Fsp3) is 0.387. The summed E-state index contributed by atoms with van der Waals surface area (Å²) in [5.41, 5.74) is 2.42. The van der Waals surface area contributed by atoms with Crippen LogP contribution in [0.5, 0.6) is 0 Å². The molecule has 0 spiro atoms. The van der Waals surface area contributed by atoms with Crippen molar-refractivity contribution in [2.24, 2.45) is 16.3 Å². The second-order valence-electron chi connectivity index (χ2n) is 11.0. The largest absolute Gasteiger partial charge is 0.463 e. The van der Waals surface area contributed by atoms with Crippen molar-refractivity contribution in [1.82, 2.24) is 4.90 Å². The molecule has 3 aliphatic rings. The minimum atomic E-state index is -0.668. The van der Waals surface area contributed by atoms with Crippen LogP contribution in [0.3, 0.4) is 0 Å². The Bertz CT molecular complexity index is 1420. The molecule has 2 heterocycles. The molecule has 1 aliphatic carbocycles. The molecule has 2 amide bonds. The number of hydrogen-bond acceptors (Lipinski definition) is 7. The number of esters is 1. The molecular formula is C31H31ClN2O6. The van der Waals surface area contributed by atoms with E-state index in [0.717, 1.165) is 4.90 Å². The predicted molar refractivity (Wildman–Crippen MR) is 149 cm³/mol. The highest BCUT2D eigenvalue weighted by Gasteiger charge is 2.48. The van der Waals surface area contributed by atoms with Gasteiger partial charge in [0.05, 0.1) is 54.7 Å². The van der Waals surface area contributed by atoms with Gasteiger partial charge in [-0.05, 0) is 42.5 Å². The summed E-state index contributed by atoms with van der Waals surface area (Å²) in [6.07, 6.45) is 0.943. The molecule has 2 unspecified atom stereocenters. The summed E-state index contributed by atoms with van der Waals surface area (Å²) in [5, 5.41) is 0.444. The van der Waals surface area contributed by atoms with E-state index in [1.165, 1.54) is 0 Å². The summed E-state index contributed by atoms with van der Waals surface area (Å²) in [5.74, 6) is -2.59. The maximum absolute atomic E-state index is 13.5. The van der Waals surface area contributed by atoms with Gasteiger partial charge in [-0.3, -0.25) is 24.3 Å². The van der Waals surface area contributed by atoms with Gasteiger partial charge in [0.15, 0.2) is 0 Å². The quantitative estimate of drug-likeness (QED) is 0.254. The van der Waals surface area contributed by atoms with E-state index < -0.39 is 17.8 Å². The topological polar surface area (TPSA) is 102 Å². The Kier molecular flexibility index (Phi) is 7.75. The van der Waals surface area contributed by atoms with Gasteiger partial charge in [-0.15, -0.1) is 0 Å². The molecule has 0 aromatic heterocycles. The van der Waals surface area contributed by atoms with Crippen LogP contribution in [0.15, 0.2) is 64.8 Å². The third-order valence-corrected chi connectivity index (χ3v) is 7.91. The van der Waals surface area contributed by atoms with Gasteiger partial charge < -0.3 is 9.47 Å². The lowest BCUT2D eigenvalue weighted by Gasteiger charge is -2.41. The molecule has 0 saturated heterocycles. The second-order valence-corrected chi connectivity index (χ2v) is 11.4. The first-order chi connectivity index (χ1) is 19.1. The normalized spacial score (nSPS) is 21.8. The van der Waals surface area contributed by atoms with Gasteiger partial charge in [0, 0.05) is 23.1 Å². The van der Waals surface area contributed by atoms with Crippen molar-refractivity contribution in [2.45, 2.75) is 39.5 Å². The summed E-state index contributed by atoms with van der Waals surface area (Å²) in [6.45, 7) is 5.94. The van der Waals surface area contributed by atoms with Gasteiger partial charge in [0.1, 0.15) is 5.78 Å². The molecule has 0 bridgehead atoms. The number of carbonyl (C=O) groups excluding carboxylic acids is 4. The standard InChI is InChI=1S/C31H31ClN2O6/c1-4-40-30(38)27-23(17-39-14-13-34-28(36)18-9-5-6-10-19(18)29(34)37)33-22-15-31(2,3)16-24(35)26(22)25(27)20-11-7-8-12-21(20)32/h5-12,25-26H,4,13-17H2,1-3H3. The highest BCUT2D eigenvalue weighted by Crippen LogP contribution is 2.48. The van der Waals surface area contributed by atoms with Crippen molar-refractivity contribution >= 4 is 40.9 Å². The highest BCUT2D eigenvalue weighted by molar-refractivity contribution is 6.31. The molecule has 208 valence electrons. The van der Waals surface area contributed by atoms with Crippen LogP contribution in [-0.4, -0.2) is 60.5 Å². The van der Waals surface area contributed by atoms with Crippen LogP contribution < -0.4 is 0 Å². The molecule has 8 nitrogen and oxygen atoms in total. The van der Waals surface area contributed by atoms with E-state index in [0.29, 0.717) is 46.0 Å². The number of imide groups is 1. The maximum atomic E-state index is 13.5. The number of Topliss-reactive ketones (excluding diaryl/α,β-unsaturated/α-hetero) is 1. The van der Waals surface area contributed by atoms with Crippen molar-refractivity contribution in [3.8, 4) is 0 Å². The Morgan fingerprint density at radius 3 is 2.30 bits per heavy atom. The molecule has 2 aliphatic heterocycles. The van der Waals surface area contributed by atoms with E-state index in [-0.39, 0.29) is 55.0 Å². The van der Waals surface area contributed by atoms with E-state index in [4.69, 9.17) is 26.1 Å². The first-order valence-corrected chi connectivity index (χ1v) is 13.8. The summed E-state index contributed by atoms with van der Waals surface area (Å²) >= 11 is 6.63. The van der Waals surface area contributed by atoms with E-state index in [2.05, 4.69) is 0 Å². The first-order valence-electron chi connectivity index (χ1n) is 13.4. The molecule has 9 heteroatoms. The molecule has 2 aromatic rings. The number of aliphatic imine (C=N–C) groups is 1. The monoisotopic (exact) mass is 562 g/mol. The SMILES string of the molecule is CCOC(=O)C1=C(COCCN2C(=O)c3ccccc3C2=O)N=C2CC(C)(C)CC(=O)C2C1c1ccccc1Cl. The van der Waals surface area contributed by atoms with E-state index in [1.807, 2.05) is 26.0 Å². The molecule has 2 aromatic carbocycles. The lowest BCUT2D eigenvalue weighted by molar-refractivity contribution is -0.139. The van der Waals surface area contributed by atoms with Crippen LogP contribution in [0.1, 0.15) is 65.8 Å². The lowest BCUT2D eigenvalue weighted by Crippen LogP contribution is -2.44. The highest BCUT2D eigenvalue weighted by atomic mass is 35.5. The van der Waals surface area contributed by atoms with Crippen molar-refractivity contribution in [3.05, 3.63) is 81.5 Å². The molecule has 0 N–H and O–H groups in total. The molecule has 5 rings (SSSR count). The second kappa shape index (κ2) is 11.1. The smallest absolute Gasteiger partial charge is 0.336 e. The number of ether oxygens (including phenoxy) is 2. The van der Waals surface area contributed by atoms with Gasteiger partial charge >= 0.3 is 5.97 Å². The molecule has 1 fully saturated rings. The number of nitrogens with zero attached hydrogens (tertiary/aromatic N) is 2. The van der Waals surface area contributed by atoms with Crippen LogP contribution in [-0.2, 0) is 19.1 Å². The average molecular weight is 563 g/mol. The van der Waals surface area contributed by atoms with Crippen molar-refractivity contribution in [1.29, 1.82) is 0 Å². The van der Waals surface area contributed by atoms with Crippen LogP contribution >= 0.6 is 11.6 Å². The Hall–Kier alpha value is -3.62.